The number of methoxy groups -OCH3 is 3. The molecule has 2 saturated heterocycles. The van der Waals surface area contributed by atoms with Gasteiger partial charge in [-0.3, -0.25) is 0 Å². The summed E-state index contributed by atoms with van der Waals surface area (Å²) in [6.07, 6.45) is 1.91. The van der Waals surface area contributed by atoms with Gasteiger partial charge in [-0.2, -0.15) is 0 Å². The van der Waals surface area contributed by atoms with E-state index in [0.717, 1.165) is 12.8 Å². The van der Waals surface area contributed by atoms with Gasteiger partial charge in [0.05, 0.1) is 31.0 Å². The minimum atomic E-state index is -1.93. The highest BCUT2D eigenvalue weighted by Crippen LogP contribution is 2.48. The van der Waals surface area contributed by atoms with Gasteiger partial charge < -0.3 is 38.0 Å². The number of hydrogen-bond acceptors (Lipinski definition) is 8. The first-order valence-corrected chi connectivity index (χ1v) is 17.1. The van der Waals surface area contributed by atoms with Gasteiger partial charge in [0.2, 0.25) is 0 Å². The molecule has 218 valence electrons. The minimum Gasteiger partial charge on any atom is -0.414 e. The zero-order valence-electron chi connectivity index (χ0n) is 24.9. The van der Waals surface area contributed by atoms with Gasteiger partial charge in [0.15, 0.2) is 14.6 Å². The number of hydrogen-bond donors (Lipinski definition) is 1. The Bertz CT molecular complexity index is 700. The second-order valence-electron chi connectivity index (χ2n) is 13.0. The summed E-state index contributed by atoms with van der Waals surface area (Å²) < 4.78 is 43.4. The lowest BCUT2D eigenvalue weighted by molar-refractivity contribution is -0.309. The Hall–Kier alpha value is -0.103. The molecule has 1 aliphatic carbocycles. The van der Waals surface area contributed by atoms with E-state index in [0.29, 0.717) is 24.9 Å². The lowest BCUT2D eigenvalue weighted by Crippen LogP contribution is -2.58. The fraction of sp³-hybridized carbons (Fsp3) is 1.00. The van der Waals surface area contributed by atoms with E-state index in [4.69, 9.17) is 32.8 Å². The second-order valence-corrected chi connectivity index (χ2v) is 17.7. The summed E-state index contributed by atoms with van der Waals surface area (Å²) in [4.78, 5) is 0. The molecule has 2 aliphatic heterocycles. The van der Waals surface area contributed by atoms with Crippen molar-refractivity contribution in [3.63, 3.8) is 0 Å². The molecule has 0 amide bonds. The Balaban J connectivity index is 1.75. The van der Waals surface area contributed by atoms with Crippen molar-refractivity contribution in [3.05, 3.63) is 0 Å². The average molecular weight is 547 g/mol. The molecule has 0 aromatic carbocycles. The summed E-state index contributed by atoms with van der Waals surface area (Å²) >= 11 is 0. The van der Waals surface area contributed by atoms with Crippen molar-refractivity contribution in [2.45, 2.75) is 127 Å². The maximum atomic E-state index is 9.78. The molecule has 0 radical (unpaired) electrons. The fourth-order valence-electron chi connectivity index (χ4n) is 5.69. The molecule has 1 saturated carbocycles. The third-order valence-corrected chi connectivity index (χ3v) is 13.9. The predicted octanol–water partition coefficient (Wildman–Crippen LogP) is 4.39. The molecule has 0 bridgehead atoms. The van der Waals surface area contributed by atoms with Crippen molar-refractivity contribution >= 4 is 8.32 Å². The van der Waals surface area contributed by atoms with Gasteiger partial charge in [-0.05, 0) is 49.2 Å². The Kier molecular flexibility index (Phi) is 11.1. The van der Waals surface area contributed by atoms with E-state index < -0.39 is 20.7 Å². The molecule has 3 rings (SSSR count). The third kappa shape index (κ3) is 7.55. The molecule has 3 aliphatic rings. The highest BCUT2D eigenvalue weighted by Gasteiger charge is 2.49. The van der Waals surface area contributed by atoms with Crippen LogP contribution in [-0.4, -0.2) is 97.0 Å². The highest BCUT2D eigenvalue weighted by atomic mass is 28.4. The van der Waals surface area contributed by atoms with Crippen LogP contribution in [0.1, 0.15) is 60.3 Å². The molecule has 0 spiro atoms. The van der Waals surface area contributed by atoms with Crippen LogP contribution in [0.15, 0.2) is 0 Å². The molecule has 1 N–H and O–H groups in total. The SMILES string of the molecule is CO[C@@H]1[C@@H](OC)[C@H](O[C@H]2C[C@@H](C[C@H](O[Si](C)(C)C(C)(C)C)[C@@H]3C[C@H]3C)O[C@@H](CCO)[C@@H]2C)OC[C@H]1OC. The standard InChI is InChI=1S/C28H54O8Si/c1-17-13-20(17)23(36-37(9,10)28(3,4)5)15-19-14-22(18(2)21(34-19)11-12-29)35-27-26(32-8)25(31-7)24(30-6)16-33-27/h17-27,29H,11-16H2,1-10H3/t17-,18+,19+,20-,21+,22+,23+,24-,25+,26-,27+/m1/s1. The summed E-state index contributed by atoms with van der Waals surface area (Å²) in [5, 5.41) is 9.93. The van der Waals surface area contributed by atoms with Crippen LogP contribution in [-0.2, 0) is 32.8 Å². The summed E-state index contributed by atoms with van der Waals surface area (Å²) in [6.45, 7) is 16.5. The van der Waals surface area contributed by atoms with E-state index in [1.807, 2.05) is 0 Å². The quantitative estimate of drug-likeness (QED) is 0.361. The Morgan fingerprint density at radius 2 is 1.62 bits per heavy atom. The zero-order chi connectivity index (χ0) is 27.5. The molecule has 2 heterocycles. The number of aliphatic hydroxyl groups is 1. The molecular weight excluding hydrogens is 492 g/mol. The van der Waals surface area contributed by atoms with Gasteiger partial charge in [-0.25, -0.2) is 0 Å². The molecule has 9 heteroatoms. The van der Waals surface area contributed by atoms with Crippen LogP contribution in [0, 0.1) is 17.8 Å². The van der Waals surface area contributed by atoms with E-state index in [2.05, 4.69) is 47.7 Å². The topological polar surface area (TPSA) is 84.8 Å². The van der Waals surface area contributed by atoms with Crippen molar-refractivity contribution in [2.24, 2.45) is 17.8 Å². The van der Waals surface area contributed by atoms with E-state index in [9.17, 15) is 5.11 Å². The maximum Gasteiger partial charge on any atom is 0.192 e. The second kappa shape index (κ2) is 13.0. The summed E-state index contributed by atoms with van der Waals surface area (Å²) in [7, 11) is 3.04. The summed E-state index contributed by atoms with van der Waals surface area (Å²) in [6, 6.07) is 0. The van der Waals surface area contributed by atoms with Crippen molar-refractivity contribution in [1.82, 2.24) is 0 Å². The van der Waals surface area contributed by atoms with Gasteiger partial charge in [-0.15, -0.1) is 0 Å². The molecule has 0 aromatic heterocycles. The Morgan fingerprint density at radius 1 is 0.973 bits per heavy atom. The van der Waals surface area contributed by atoms with Crippen molar-refractivity contribution in [2.75, 3.05) is 34.5 Å². The Morgan fingerprint density at radius 3 is 2.14 bits per heavy atom. The lowest BCUT2D eigenvalue weighted by Gasteiger charge is -2.46. The molecule has 37 heavy (non-hydrogen) atoms. The summed E-state index contributed by atoms with van der Waals surface area (Å²) in [5.41, 5.74) is 0. The lowest BCUT2D eigenvalue weighted by atomic mass is 9.86. The smallest absolute Gasteiger partial charge is 0.192 e. The van der Waals surface area contributed by atoms with Crippen molar-refractivity contribution in [1.29, 1.82) is 0 Å². The van der Waals surface area contributed by atoms with Crippen LogP contribution in [0.5, 0.6) is 0 Å². The van der Waals surface area contributed by atoms with Crippen LogP contribution in [0.4, 0.5) is 0 Å². The van der Waals surface area contributed by atoms with E-state index in [-0.39, 0.29) is 54.2 Å². The first-order chi connectivity index (χ1) is 17.4. The first-order valence-electron chi connectivity index (χ1n) is 14.2. The van der Waals surface area contributed by atoms with Gasteiger partial charge in [0.25, 0.3) is 0 Å². The van der Waals surface area contributed by atoms with E-state index >= 15 is 0 Å². The van der Waals surface area contributed by atoms with E-state index in [1.54, 1.807) is 21.3 Å². The van der Waals surface area contributed by atoms with Gasteiger partial charge in [0, 0.05) is 40.3 Å². The van der Waals surface area contributed by atoms with Crippen LogP contribution >= 0.6 is 0 Å². The molecule has 0 aromatic rings. The third-order valence-electron chi connectivity index (χ3n) is 9.38. The first kappa shape index (κ1) is 31.4. The minimum absolute atomic E-state index is 0.00477. The molecular formula is C28H54O8Si. The van der Waals surface area contributed by atoms with Crippen LogP contribution in [0.3, 0.4) is 0 Å². The normalized spacial score (nSPS) is 40.0. The Labute approximate surface area is 226 Å². The largest absolute Gasteiger partial charge is 0.414 e. The molecule has 3 fully saturated rings. The van der Waals surface area contributed by atoms with Crippen molar-refractivity contribution < 1.29 is 38.0 Å². The predicted molar refractivity (Wildman–Crippen MR) is 145 cm³/mol. The summed E-state index contributed by atoms with van der Waals surface area (Å²) in [5.74, 6) is 1.38. The molecule has 8 nitrogen and oxygen atoms in total. The van der Waals surface area contributed by atoms with Gasteiger partial charge in [0.1, 0.15) is 18.3 Å². The van der Waals surface area contributed by atoms with Crippen LogP contribution in [0.25, 0.3) is 0 Å². The van der Waals surface area contributed by atoms with E-state index in [1.165, 1.54) is 6.42 Å². The monoisotopic (exact) mass is 546 g/mol. The average Bonchev–Trinajstić information content (AvgIpc) is 3.56. The number of ether oxygens (including phenoxy) is 6. The van der Waals surface area contributed by atoms with Gasteiger partial charge in [-0.1, -0.05) is 34.6 Å². The molecule has 0 unspecified atom stereocenters. The highest BCUT2D eigenvalue weighted by molar-refractivity contribution is 6.74. The van der Waals surface area contributed by atoms with Crippen LogP contribution < -0.4 is 0 Å². The molecule has 11 atom stereocenters. The number of rotatable bonds is 12. The fourth-order valence-corrected chi connectivity index (χ4v) is 7.07. The number of aliphatic hydroxyl groups excluding tert-OH is 1. The van der Waals surface area contributed by atoms with Gasteiger partial charge >= 0.3 is 0 Å². The van der Waals surface area contributed by atoms with Crippen LogP contribution in [0.2, 0.25) is 18.1 Å². The van der Waals surface area contributed by atoms with Crippen molar-refractivity contribution in [3.8, 4) is 0 Å². The maximum absolute atomic E-state index is 9.78. The zero-order valence-corrected chi connectivity index (χ0v) is 25.9.